The Morgan fingerprint density at radius 2 is 1.61 bits per heavy atom. The van der Waals surface area contributed by atoms with E-state index in [0.29, 0.717) is 48.4 Å². The number of benzene rings is 2. The Morgan fingerprint density at radius 1 is 0.918 bits per heavy atom. The number of H-pyrrole nitrogens is 2. The van der Waals surface area contributed by atoms with Crippen molar-refractivity contribution in [2.45, 2.75) is 31.2 Å². The second kappa shape index (κ2) is 13.8. The van der Waals surface area contributed by atoms with Gasteiger partial charge >= 0.3 is 12.1 Å². The predicted octanol–water partition coefficient (Wildman–Crippen LogP) is 6.53. The average molecular weight is 672 g/mol. The molecule has 2 aromatic carbocycles. The monoisotopic (exact) mass is 671 g/mol. The van der Waals surface area contributed by atoms with Crippen LogP contribution < -0.4 is 5.56 Å². The van der Waals surface area contributed by atoms with Crippen molar-refractivity contribution in [1.29, 1.82) is 0 Å². The molecule has 49 heavy (non-hydrogen) atoms. The Bertz CT molecular complexity index is 2110. The number of likely N-dealkylation sites (tertiary alicyclic amines) is 1. The highest BCUT2D eigenvalue weighted by Crippen LogP contribution is 2.37. The molecule has 0 saturated carbocycles. The summed E-state index contributed by atoms with van der Waals surface area (Å²) in [4.78, 5) is 40.0. The largest absolute Gasteiger partial charge is 0.490 e. The number of pyridine rings is 3. The first-order valence-electron chi connectivity index (χ1n) is 15.2. The second-order valence-corrected chi connectivity index (χ2v) is 11.5. The molecule has 5 heterocycles. The SMILES string of the molecule is O=C(O)C(F)(F)F.O=c1[nH]ccc2nc(-c3ccc(CN4CCC(F)(c5nc(-c6ccccn6)n[nH]5)CC4)cc3)c(-c3ccccc3)cc12. The van der Waals surface area contributed by atoms with Gasteiger partial charge in [-0.2, -0.15) is 18.3 Å². The zero-order valence-electron chi connectivity index (χ0n) is 25.8. The number of halogens is 4. The highest BCUT2D eigenvalue weighted by atomic mass is 19.4. The molecule has 14 heteroatoms. The molecule has 7 rings (SSSR count). The number of piperidine rings is 1. The van der Waals surface area contributed by atoms with Gasteiger partial charge in [0, 0.05) is 56.0 Å². The summed E-state index contributed by atoms with van der Waals surface area (Å²) in [7, 11) is 0. The van der Waals surface area contributed by atoms with Crippen molar-refractivity contribution >= 4 is 16.9 Å². The predicted molar refractivity (Wildman–Crippen MR) is 174 cm³/mol. The number of carboxylic acids is 1. The molecule has 0 bridgehead atoms. The molecule has 250 valence electrons. The molecule has 1 aliphatic heterocycles. The van der Waals surface area contributed by atoms with Crippen LogP contribution in [0.3, 0.4) is 0 Å². The van der Waals surface area contributed by atoms with Crippen LogP contribution in [0.15, 0.2) is 102 Å². The number of hydrogen-bond acceptors (Lipinski definition) is 7. The van der Waals surface area contributed by atoms with E-state index in [-0.39, 0.29) is 11.4 Å². The number of hydrogen-bond donors (Lipinski definition) is 3. The summed E-state index contributed by atoms with van der Waals surface area (Å²) < 4.78 is 47.6. The third-order valence-electron chi connectivity index (χ3n) is 8.17. The first kappa shape index (κ1) is 33.2. The van der Waals surface area contributed by atoms with Crippen LogP contribution in [-0.4, -0.2) is 65.4 Å². The Balaban J connectivity index is 0.000000540. The summed E-state index contributed by atoms with van der Waals surface area (Å²) >= 11 is 0. The molecular formula is C35H29F4N7O3. The Labute approximate surface area is 276 Å². The Hall–Kier alpha value is -5.76. The molecule has 4 aromatic heterocycles. The molecule has 0 aliphatic carbocycles. The molecule has 6 aromatic rings. The van der Waals surface area contributed by atoms with Crippen molar-refractivity contribution < 1.29 is 27.5 Å². The van der Waals surface area contributed by atoms with Gasteiger partial charge in [0.1, 0.15) is 5.69 Å². The fraction of sp³-hybridized carbons (Fsp3) is 0.200. The van der Waals surface area contributed by atoms with Crippen LogP contribution in [0.5, 0.6) is 0 Å². The number of carboxylic acid groups (broad SMARTS) is 1. The summed E-state index contributed by atoms with van der Waals surface area (Å²) in [5, 5.41) is 14.7. The zero-order valence-corrected chi connectivity index (χ0v) is 25.8. The summed E-state index contributed by atoms with van der Waals surface area (Å²) in [5.41, 5.74) is 4.40. The van der Waals surface area contributed by atoms with E-state index in [2.05, 4.69) is 54.3 Å². The zero-order chi connectivity index (χ0) is 34.6. The molecule has 0 radical (unpaired) electrons. The fourth-order valence-electron chi connectivity index (χ4n) is 5.57. The maximum absolute atomic E-state index is 15.9. The van der Waals surface area contributed by atoms with Gasteiger partial charge in [0.2, 0.25) is 0 Å². The Kier molecular flexibility index (Phi) is 9.31. The van der Waals surface area contributed by atoms with E-state index in [9.17, 15) is 18.0 Å². The van der Waals surface area contributed by atoms with Crippen molar-refractivity contribution in [2.24, 2.45) is 0 Å². The van der Waals surface area contributed by atoms with Gasteiger partial charge in [-0.15, -0.1) is 0 Å². The summed E-state index contributed by atoms with van der Waals surface area (Å²) in [6, 6.07) is 27.6. The standard InChI is InChI=1S/C33H28FN7O.C2HF3O2/c34-33(32-38-30(39-40-32)28-8-4-5-16-35-28)14-18-41(19-15-33)21-22-9-11-24(12-10-22)29-25(23-6-2-1-3-7-23)20-26-27(37-29)13-17-36-31(26)42;3-2(4,5)1(6)7/h1-13,16-17,20H,14-15,18-19,21H2,(H,36,42)(H,38,39,40);(H,6,7). The lowest BCUT2D eigenvalue weighted by molar-refractivity contribution is -0.192. The van der Waals surface area contributed by atoms with Crippen LogP contribution in [0.4, 0.5) is 17.6 Å². The third kappa shape index (κ3) is 7.54. The van der Waals surface area contributed by atoms with E-state index < -0.39 is 17.8 Å². The molecule has 0 spiro atoms. The van der Waals surface area contributed by atoms with Crippen molar-refractivity contribution in [2.75, 3.05) is 13.1 Å². The highest BCUT2D eigenvalue weighted by Gasteiger charge is 2.40. The molecule has 1 saturated heterocycles. The smallest absolute Gasteiger partial charge is 0.475 e. The van der Waals surface area contributed by atoms with Crippen LogP contribution in [0.2, 0.25) is 0 Å². The van der Waals surface area contributed by atoms with Crippen LogP contribution in [0, 0.1) is 0 Å². The van der Waals surface area contributed by atoms with E-state index in [1.165, 1.54) is 0 Å². The topological polar surface area (TPSA) is 141 Å². The molecule has 10 nitrogen and oxygen atoms in total. The lowest BCUT2D eigenvalue weighted by Gasteiger charge is -2.35. The van der Waals surface area contributed by atoms with Crippen molar-refractivity contribution in [3.05, 3.63) is 119 Å². The number of aliphatic carboxylic acids is 1. The number of fused-ring (bicyclic) bond motifs is 1. The molecule has 0 amide bonds. The quantitative estimate of drug-likeness (QED) is 0.170. The van der Waals surface area contributed by atoms with E-state index in [4.69, 9.17) is 14.9 Å². The number of aromatic nitrogens is 6. The maximum atomic E-state index is 15.9. The van der Waals surface area contributed by atoms with E-state index in [0.717, 1.165) is 34.5 Å². The fourth-order valence-corrected chi connectivity index (χ4v) is 5.57. The van der Waals surface area contributed by atoms with Crippen molar-refractivity contribution in [3.8, 4) is 33.9 Å². The average Bonchev–Trinajstić information content (AvgIpc) is 3.62. The molecule has 1 aliphatic rings. The number of aromatic amines is 2. The highest BCUT2D eigenvalue weighted by molar-refractivity contribution is 5.91. The van der Waals surface area contributed by atoms with Gasteiger partial charge in [0.15, 0.2) is 17.3 Å². The van der Waals surface area contributed by atoms with Crippen LogP contribution in [0.25, 0.3) is 44.8 Å². The van der Waals surface area contributed by atoms with Gasteiger partial charge < -0.3 is 10.1 Å². The minimum atomic E-state index is -5.08. The first-order chi connectivity index (χ1) is 23.5. The number of rotatable bonds is 6. The maximum Gasteiger partial charge on any atom is 0.490 e. The minimum absolute atomic E-state index is 0.158. The second-order valence-electron chi connectivity index (χ2n) is 11.5. The lowest BCUT2D eigenvalue weighted by Crippen LogP contribution is -2.40. The van der Waals surface area contributed by atoms with Gasteiger partial charge in [-0.1, -0.05) is 60.7 Å². The van der Waals surface area contributed by atoms with E-state index in [1.807, 2.05) is 60.7 Å². The molecule has 1 fully saturated rings. The normalized spacial score (nSPS) is 14.6. The summed E-state index contributed by atoms with van der Waals surface area (Å²) in [6.07, 6.45) is -1.12. The summed E-state index contributed by atoms with van der Waals surface area (Å²) in [6.45, 7) is 1.94. The van der Waals surface area contributed by atoms with Gasteiger partial charge in [0.05, 0.1) is 16.6 Å². The molecule has 3 N–H and O–H groups in total. The van der Waals surface area contributed by atoms with Crippen molar-refractivity contribution in [1.82, 2.24) is 35.0 Å². The van der Waals surface area contributed by atoms with E-state index in [1.54, 1.807) is 12.4 Å². The van der Waals surface area contributed by atoms with Gasteiger partial charge in [0.25, 0.3) is 5.56 Å². The van der Waals surface area contributed by atoms with Crippen LogP contribution >= 0.6 is 0 Å². The molecule has 0 atom stereocenters. The van der Waals surface area contributed by atoms with Crippen LogP contribution in [0.1, 0.15) is 24.2 Å². The van der Waals surface area contributed by atoms with Gasteiger partial charge in [-0.05, 0) is 35.4 Å². The van der Waals surface area contributed by atoms with E-state index >= 15 is 4.39 Å². The van der Waals surface area contributed by atoms with Crippen LogP contribution in [-0.2, 0) is 17.0 Å². The van der Waals surface area contributed by atoms with Gasteiger partial charge in [-0.25, -0.2) is 19.2 Å². The Morgan fingerprint density at radius 3 is 2.27 bits per heavy atom. The van der Waals surface area contributed by atoms with Crippen molar-refractivity contribution in [3.63, 3.8) is 0 Å². The number of carbonyl (C=O) groups is 1. The van der Waals surface area contributed by atoms with Gasteiger partial charge in [-0.3, -0.25) is 19.8 Å². The lowest BCUT2D eigenvalue weighted by atomic mass is 9.92. The first-order valence-corrected chi connectivity index (χ1v) is 15.2. The minimum Gasteiger partial charge on any atom is -0.475 e. The summed E-state index contributed by atoms with van der Waals surface area (Å²) in [5.74, 6) is -2.08. The molecular weight excluding hydrogens is 642 g/mol. The third-order valence-corrected chi connectivity index (χ3v) is 8.17. The number of alkyl halides is 4. The molecule has 0 unspecified atom stereocenters. The number of nitrogens with zero attached hydrogens (tertiary/aromatic N) is 5. The number of nitrogens with one attached hydrogen (secondary N) is 2.